The van der Waals surface area contributed by atoms with Crippen LogP contribution in [-0.2, 0) is 14.4 Å². The summed E-state index contributed by atoms with van der Waals surface area (Å²) in [6.45, 7) is 5.60. The molecule has 0 aromatic rings. The molecule has 1 aliphatic rings. The number of carboxylic acid groups (broad SMARTS) is 1. The van der Waals surface area contributed by atoms with E-state index in [9.17, 15) is 19.5 Å². The zero-order chi connectivity index (χ0) is 18.9. The molecule has 1 fully saturated rings. The van der Waals surface area contributed by atoms with Crippen molar-refractivity contribution in [1.82, 2.24) is 5.32 Å². The largest absolute Gasteiger partial charge is 0.480 e. The topological polar surface area (TPSA) is 83.5 Å². The minimum atomic E-state index is -0.993. The lowest BCUT2D eigenvalue weighted by Crippen LogP contribution is -2.45. The number of rotatable bonds is 3. The van der Waals surface area contributed by atoms with Crippen molar-refractivity contribution in [3.63, 3.8) is 0 Å². The predicted molar refractivity (Wildman–Crippen MR) is 105 cm³/mol. The molecule has 1 rings (SSSR count). The Morgan fingerprint density at radius 2 is 1.84 bits per heavy atom. The van der Waals surface area contributed by atoms with E-state index in [0.717, 1.165) is 37.9 Å². The third kappa shape index (κ3) is 8.99. The molecule has 0 aromatic heterocycles. The van der Waals surface area contributed by atoms with Gasteiger partial charge in [0.2, 0.25) is 5.91 Å². The van der Waals surface area contributed by atoms with Crippen molar-refractivity contribution >= 4 is 40.5 Å². The highest BCUT2D eigenvalue weighted by atomic mass is 32.2. The summed E-state index contributed by atoms with van der Waals surface area (Å²) in [6.07, 6.45) is 6.10. The smallest absolute Gasteiger partial charge is 0.327 e. The van der Waals surface area contributed by atoms with Gasteiger partial charge in [-0.1, -0.05) is 58.2 Å². The molecule has 1 unspecified atom stereocenters. The fourth-order valence-electron chi connectivity index (χ4n) is 2.47. The third-order valence-electron chi connectivity index (χ3n) is 4.14. The molecule has 0 radical (unpaired) electrons. The maximum Gasteiger partial charge on any atom is 0.327 e. The number of aliphatic carboxylic acids is 1. The molecule has 0 aliphatic carbocycles. The number of carbonyl (C=O) groups excluding carboxylic acids is 2. The van der Waals surface area contributed by atoms with Gasteiger partial charge >= 0.3 is 5.97 Å². The van der Waals surface area contributed by atoms with Gasteiger partial charge in [-0.3, -0.25) is 9.59 Å². The maximum absolute atomic E-state index is 12.6. The van der Waals surface area contributed by atoms with E-state index in [1.165, 1.54) is 11.8 Å². The molecule has 1 saturated heterocycles. The minimum absolute atomic E-state index is 0.0635. The Hall–Kier alpha value is -0.690. The van der Waals surface area contributed by atoms with Gasteiger partial charge in [-0.15, -0.1) is 0 Å². The summed E-state index contributed by atoms with van der Waals surface area (Å²) >= 11 is 2.77. The number of carbonyl (C=O) groups is 3. The summed E-state index contributed by atoms with van der Waals surface area (Å²) in [5, 5.41) is 12.1. The Bertz CT molecular complexity index is 462. The molecule has 0 bridgehead atoms. The van der Waals surface area contributed by atoms with E-state index in [2.05, 4.69) is 5.32 Å². The highest BCUT2D eigenvalue weighted by Crippen LogP contribution is 2.26. The highest BCUT2D eigenvalue weighted by molar-refractivity contribution is 8.13. The van der Waals surface area contributed by atoms with Crippen LogP contribution in [0.2, 0.25) is 0 Å². The van der Waals surface area contributed by atoms with Gasteiger partial charge in [-0.25, -0.2) is 4.79 Å². The molecule has 5 nitrogen and oxygen atoms in total. The quantitative estimate of drug-likeness (QED) is 0.768. The van der Waals surface area contributed by atoms with Crippen LogP contribution in [0.1, 0.15) is 59.3 Å². The number of amides is 1. The van der Waals surface area contributed by atoms with Crippen LogP contribution in [0.3, 0.4) is 0 Å². The fraction of sp³-hybridized carbons (Fsp3) is 0.833. The summed E-state index contributed by atoms with van der Waals surface area (Å²) in [7, 11) is 0. The van der Waals surface area contributed by atoms with Crippen molar-refractivity contribution in [2.24, 2.45) is 11.3 Å². The van der Waals surface area contributed by atoms with Crippen molar-refractivity contribution < 1.29 is 19.5 Å². The molecule has 1 aliphatic heterocycles. The second kappa shape index (κ2) is 11.1. The van der Waals surface area contributed by atoms with Gasteiger partial charge in [-0.2, -0.15) is 11.8 Å². The van der Waals surface area contributed by atoms with E-state index in [-0.39, 0.29) is 16.9 Å². The van der Waals surface area contributed by atoms with Crippen LogP contribution in [0.15, 0.2) is 0 Å². The third-order valence-corrected chi connectivity index (χ3v) is 6.73. The number of hydrogen-bond acceptors (Lipinski definition) is 5. The van der Waals surface area contributed by atoms with Crippen molar-refractivity contribution in [2.45, 2.75) is 65.3 Å². The number of nitrogens with one attached hydrogen (secondary N) is 1. The zero-order valence-corrected chi connectivity index (χ0v) is 17.1. The molecule has 2 N–H and O–H groups in total. The van der Waals surface area contributed by atoms with Gasteiger partial charge in [-0.05, 0) is 18.6 Å². The second-order valence-electron chi connectivity index (χ2n) is 7.58. The van der Waals surface area contributed by atoms with E-state index in [4.69, 9.17) is 0 Å². The summed E-state index contributed by atoms with van der Waals surface area (Å²) < 4.78 is 0. The molecule has 7 heteroatoms. The molecule has 0 saturated carbocycles. The normalized spacial score (nSPS) is 24.4. The van der Waals surface area contributed by atoms with Gasteiger partial charge in [0.1, 0.15) is 6.04 Å². The first-order chi connectivity index (χ1) is 11.7. The van der Waals surface area contributed by atoms with E-state index >= 15 is 0 Å². The van der Waals surface area contributed by atoms with Gasteiger partial charge in [0.05, 0.1) is 0 Å². The summed E-state index contributed by atoms with van der Waals surface area (Å²) in [5.41, 5.74) is -0.440. The monoisotopic (exact) mass is 389 g/mol. The van der Waals surface area contributed by atoms with E-state index in [0.29, 0.717) is 17.9 Å². The second-order valence-corrected chi connectivity index (χ2v) is 9.72. The van der Waals surface area contributed by atoms with Crippen LogP contribution < -0.4 is 5.32 Å². The number of carboxylic acids is 1. The SMILES string of the molecule is CC(C)(C)C(=O)SCC1CCCCCCCSC[C@@H](C(=O)O)NC1=O. The summed E-state index contributed by atoms with van der Waals surface area (Å²) in [5.74, 6) is 0.195. The first-order valence-corrected chi connectivity index (χ1v) is 11.1. The lowest BCUT2D eigenvalue weighted by Gasteiger charge is -2.21. The predicted octanol–water partition coefficient (Wildman–Crippen LogP) is 3.57. The van der Waals surface area contributed by atoms with Crippen LogP contribution in [-0.4, -0.2) is 45.4 Å². The van der Waals surface area contributed by atoms with Crippen molar-refractivity contribution in [2.75, 3.05) is 17.3 Å². The van der Waals surface area contributed by atoms with E-state index in [1.54, 1.807) is 11.8 Å². The van der Waals surface area contributed by atoms with Crippen LogP contribution in [0.4, 0.5) is 0 Å². The molecular weight excluding hydrogens is 358 g/mol. The standard InChI is InChI=1S/C18H31NO4S2/c1-18(2,3)17(23)25-11-13-9-7-5-4-6-8-10-24-12-14(16(21)22)19-15(13)20/h13-14H,4-12H2,1-3H3,(H,19,20)(H,21,22)/t13?,14-/m0/s1. The Morgan fingerprint density at radius 1 is 1.20 bits per heavy atom. The summed E-state index contributed by atoms with van der Waals surface area (Å²) in [6, 6.07) is -0.857. The molecule has 25 heavy (non-hydrogen) atoms. The number of hydrogen-bond donors (Lipinski definition) is 2. The zero-order valence-electron chi connectivity index (χ0n) is 15.5. The van der Waals surface area contributed by atoms with Gasteiger partial charge in [0.25, 0.3) is 0 Å². The van der Waals surface area contributed by atoms with Crippen LogP contribution in [0.5, 0.6) is 0 Å². The Kier molecular flexibility index (Phi) is 9.94. The first kappa shape index (κ1) is 22.4. The minimum Gasteiger partial charge on any atom is -0.480 e. The lowest BCUT2D eigenvalue weighted by atomic mass is 9.99. The Balaban J connectivity index is 2.73. The first-order valence-electron chi connectivity index (χ1n) is 9.00. The number of thioether (sulfide) groups is 2. The fourth-order valence-corrected chi connectivity index (χ4v) is 4.61. The molecule has 1 heterocycles. The molecule has 0 aromatic carbocycles. The molecule has 1 amide bonds. The molecule has 0 spiro atoms. The van der Waals surface area contributed by atoms with E-state index < -0.39 is 17.4 Å². The average Bonchev–Trinajstić information content (AvgIpc) is 2.54. The van der Waals surface area contributed by atoms with Crippen LogP contribution >= 0.6 is 23.5 Å². The lowest BCUT2D eigenvalue weighted by molar-refractivity contribution is -0.141. The molecular formula is C18H31NO4S2. The van der Waals surface area contributed by atoms with Crippen molar-refractivity contribution in [1.29, 1.82) is 0 Å². The Morgan fingerprint density at radius 3 is 2.48 bits per heavy atom. The highest BCUT2D eigenvalue weighted by Gasteiger charge is 2.28. The van der Waals surface area contributed by atoms with Gasteiger partial charge in [0, 0.05) is 22.8 Å². The van der Waals surface area contributed by atoms with Gasteiger partial charge < -0.3 is 10.4 Å². The Labute approximate surface area is 159 Å². The molecule has 2 atom stereocenters. The average molecular weight is 390 g/mol. The van der Waals surface area contributed by atoms with Crippen molar-refractivity contribution in [3.8, 4) is 0 Å². The van der Waals surface area contributed by atoms with Crippen LogP contribution in [0, 0.1) is 11.3 Å². The van der Waals surface area contributed by atoms with Crippen LogP contribution in [0.25, 0.3) is 0 Å². The maximum atomic E-state index is 12.6. The molecule has 144 valence electrons. The van der Waals surface area contributed by atoms with Crippen molar-refractivity contribution in [3.05, 3.63) is 0 Å². The van der Waals surface area contributed by atoms with Gasteiger partial charge in [0.15, 0.2) is 5.12 Å². The summed E-state index contributed by atoms with van der Waals surface area (Å²) in [4.78, 5) is 36.1. The van der Waals surface area contributed by atoms with E-state index in [1.807, 2.05) is 20.8 Å².